The number of halogens is 1. The highest BCUT2D eigenvalue weighted by atomic mass is 19.1. The summed E-state index contributed by atoms with van der Waals surface area (Å²) in [6.07, 6.45) is 11.0. The van der Waals surface area contributed by atoms with Crippen LogP contribution in [0.1, 0.15) is 29.5 Å². The number of nitrogens with one attached hydrogen (secondary N) is 1. The number of hydrogen-bond acceptors (Lipinski definition) is 2. The summed E-state index contributed by atoms with van der Waals surface area (Å²) in [4.78, 5) is 4.35. The fraction of sp³-hybridized carbons (Fsp3) is 0.211. The van der Waals surface area contributed by atoms with Gasteiger partial charge in [-0.15, -0.1) is 0 Å². The minimum absolute atomic E-state index is 0.151. The Morgan fingerprint density at radius 1 is 1.14 bits per heavy atom. The van der Waals surface area contributed by atoms with Gasteiger partial charge in [-0.1, -0.05) is 24.3 Å². The number of nitrogens with zero attached hydrogens (tertiary/aromatic N) is 1. The summed E-state index contributed by atoms with van der Waals surface area (Å²) in [5.41, 5.74) is 3.84. The molecule has 0 saturated heterocycles. The highest BCUT2D eigenvalue weighted by Crippen LogP contribution is 2.17. The van der Waals surface area contributed by atoms with E-state index in [1.807, 2.05) is 24.3 Å². The second-order valence-electron chi connectivity index (χ2n) is 5.57. The Morgan fingerprint density at radius 3 is 2.77 bits per heavy atom. The predicted molar refractivity (Wildman–Crippen MR) is 88.3 cm³/mol. The first-order valence-corrected chi connectivity index (χ1v) is 7.54. The van der Waals surface area contributed by atoms with Gasteiger partial charge in [0.05, 0.1) is 0 Å². The standard InChI is InChI=1S/C19H19FN2/c1-14-7-8-15(12-18(14)20)11-16-9-10-21-19(13-16)22-17-5-3-2-4-6-17/h3,5-10,12-13H,2,4,11H2,1H3,(H,21,22). The number of benzene rings is 1. The van der Waals surface area contributed by atoms with E-state index in [0.29, 0.717) is 12.0 Å². The lowest BCUT2D eigenvalue weighted by Gasteiger charge is -2.11. The molecule has 2 nitrogen and oxygen atoms in total. The van der Waals surface area contributed by atoms with E-state index in [0.717, 1.165) is 35.5 Å². The van der Waals surface area contributed by atoms with Gasteiger partial charge in [0.1, 0.15) is 11.6 Å². The summed E-state index contributed by atoms with van der Waals surface area (Å²) < 4.78 is 13.6. The zero-order chi connectivity index (χ0) is 15.4. The van der Waals surface area contributed by atoms with E-state index >= 15 is 0 Å². The first-order valence-electron chi connectivity index (χ1n) is 7.54. The Balaban J connectivity index is 1.74. The molecule has 0 aliphatic heterocycles. The second kappa shape index (κ2) is 6.56. The van der Waals surface area contributed by atoms with Crippen LogP contribution in [0.5, 0.6) is 0 Å². The van der Waals surface area contributed by atoms with Gasteiger partial charge in [0.25, 0.3) is 0 Å². The predicted octanol–water partition coefficient (Wildman–Crippen LogP) is 4.77. The van der Waals surface area contributed by atoms with E-state index in [9.17, 15) is 4.39 Å². The third-order valence-electron chi connectivity index (χ3n) is 3.74. The van der Waals surface area contributed by atoms with Crippen molar-refractivity contribution in [2.75, 3.05) is 5.32 Å². The van der Waals surface area contributed by atoms with Gasteiger partial charge in [0, 0.05) is 11.9 Å². The number of aromatic nitrogens is 1. The van der Waals surface area contributed by atoms with Crippen LogP contribution in [0.15, 0.2) is 60.5 Å². The molecule has 1 N–H and O–H groups in total. The molecule has 1 aliphatic rings. The minimum atomic E-state index is -0.151. The number of pyridine rings is 1. The summed E-state index contributed by atoms with van der Waals surface area (Å²) in [5.74, 6) is 0.672. The molecule has 1 aromatic heterocycles. The molecule has 0 atom stereocenters. The van der Waals surface area contributed by atoms with Crippen molar-refractivity contribution in [2.45, 2.75) is 26.2 Å². The van der Waals surface area contributed by atoms with E-state index in [4.69, 9.17) is 0 Å². The highest BCUT2D eigenvalue weighted by molar-refractivity contribution is 5.47. The molecule has 1 aromatic carbocycles. The van der Waals surface area contributed by atoms with Crippen LogP contribution in [0.3, 0.4) is 0 Å². The van der Waals surface area contributed by atoms with Crippen LogP contribution in [-0.4, -0.2) is 4.98 Å². The first-order chi connectivity index (χ1) is 10.7. The quantitative estimate of drug-likeness (QED) is 0.879. The number of anilines is 1. The average molecular weight is 294 g/mol. The smallest absolute Gasteiger partial charge is 0.130 e. The third kappa shape index (κ3) is 3.61. The summed E-state index contributed by atoms with van der Waals surface area (Å²) in [5, 5.41) is 3.32. The Morgan fingerprint density at radius 2 is 2.00 bits per heavy atom. The Kier molecular flexibility index (Phi) is 4.33. The van der Waals surface area contributed by atoms with Crippen molar-refractivity contribution < 1.29 is 4.39 Å². The molecule has 0 amide bonds. The molecule has 3 rings (SSSR count). The third-order valence-corrected chi connectivity index (χ3v) is 3.74. The summed E-state index contributed by atoms with van der Waals surface area (Å²) in [6, 6.07) is 9.38. The first kappa shape index (κ1) is 14.5. The zero-order valence-corrected chi connectivity index (χ0v) is 12.6. The Bertz CT molecular complexity index is 732. The van der Waals surface area contributed by atoms with Gasteiger partial charge in [0.2, 0.25) is 0 Å². The maximum absolute atomic E-state index is 13.6. The molecule has 0 fully saturated rings. The van der Waals surface area contributed by atoms with Crippen LogP contribution in [0.4, 0.5) is 10.2 Å². The van der Waals surface area contributed by atoms with Crippen molar-refractivity contribution in [3.05, 3.63) is 83.0 Å². The van der Waals surface area contributed by atoms with Crippen molar-refractivity contribution in [3.63, 3.8) is 0 Å². The van der Waals surface area contributed by atoms with Crippen molar-refractivity contribution in [2.24, 2.45) is 0 Å². The average Bonchev–Trinajstić information content (AvgIpc) is 2.52. The van der Waals surface area contributed by atoms with Crippen LogP contribution in [0, 0.1) is 12.7 Å². The summed E-state index contributed by atoms with van der Waals surface area (Å²) >= 11 is 0. The van der Waals surface area contributed by atoms with Crippen LogP contribution in [0.2, 0.25) is 0 Å². The highest BCUT2D eigenvalue weighted by Gasteiger charge is 2.04. The molecular formula is C19H19FN2. The molecule has 0 bridgehead atoms. The lowest BCUT2D eigenvalue weighted by Crippen LogP contribution is -2.02. The van der Waals surface area contributed by atoms with Gasteiger partial charge in [-0.05, 0) is 67.2 Å². The largest absolute Gasteiger partial charge is 0.341 e. The number of allylic oxidation sites excluding steroid dienone is 3. The lowest BCUT2D eigenvalue weighted by molar-refractivity contribution is 0.616. The molecule has 112 valence electrons. The van der Waals surface area contributed by atoms with Gasteiger partial charge in [-0.2, -0.15) is 0 Å². The normalized spacial score (nSPS) is 13.8. The molecule has 2 aromatic rings. The van der Waals surface area contributed by atoms with Crippen molar-refractivity contribution in [3.8, 4) is 0 Å². The maximum Gasteiger partial charge on any atom is 0.130 e. The SMILES string of the molecule is Cc1ccc(Cc2ccnc(NC3=CCCC=C3)c2)cc1F. The van der Waals surface area contributed by atoms with E-state index < -0.39 is 0 Å². The van der Waals surface area contributed by atoms with Crippen LogP contribution >= 0.6 is 0 Å². The van der Waals surface area contributed by atoms with Crippen molar-refractivity contribution in [1.82, 2.24) is 4.98 Å². The number of rotatable bonds is 4. The fourth-order valence-electron chi connectivity index (χ4n) is 2.49. The van der Waals surface area contributed by atoms with Crippen molar-refractivity contribution >= 4 is 5.82 Å². The van der Waals surface area contributed by atoms with Crippen molar-refractivity contribution in [1.29, 1.82) is 0 Å². The van der Waals surface area contributed by atoms with Gasteiger partial charge in [-0.3, -0.25) is 0 Å². The lowest BCUT2D eigenvalue weighted by atomic mass is 10.0. The maximum atomic E-state index is 13.6. The molecule has 0 spiro atoms. The molecule has 3 heteroatoms. The molecule has 1 heterocycles. The Hall–Kier alpha value is -2.42. The number of aryl methyl sites for hydroxylation is 1. The van der Waals surface area contributed by atoms with E-state index in [1.54, 1.807) is 19.2 Å². The van der Waals surface area contributed by atoms with E-state index in [-0.39, 0.29) is 5.82 Å². The molecule has 0 saturated carbocycles. The zero-order valence-electron chi connectivity index (χ0n) is 12.6. The van der Waals surface area contributed by atoms with E-state index in [1.165, 1.54) is 0 Å². The summed E-state index contributed by atoms with van der Waals surface area (Å²) in [7, 11) is 0. The topological polar surface area (TPSA) is 24.9 Å². The molecule has 22 heavy (non-hydrogen) atoms. The second-order valence-corrected chi connectivity index (χ2v) is 5.57. The van der Waals surface area contributed by atoms with Gasteiger partial charge in [0.15, 0.2) is 0 Å². The molecule has 0 radical (unpaired) electrons. The van der Waals surface area contributed by atoms with Gasteiger partial charge >= 0.3 is 0 Å². The van der Waals surface area contributed by atoms with Crippen LogP contribution in [-0.2, 0) is 6.42 Å². The van der Waals surface area contributed by atoms with E-state index in [2.05, 4.69) is 28.5 Å². The molecule has 1 aliphatic carbocycles. The molecule has 0 unspecified atom stereocenters. The van der Waals surface area contributed by atoms with Crippen LogP contribution in [0.25, 0.3) is 0 Å². The monoisotopic (exact) mass is 294 g/mol. The molecular weight excluding hydrogens is 275 g/mol. The fourth-order valence-corrected chi connectivity index (χ4v) is 2.49. The Labute approximate surface area is 130 Å². The minimum Gasteiger partial charge on any atom is -0.341 e. The van der Waals surface area contributed by atoms with Gasteiger partial charge < -0.3 is 5.32 Å². The number of hydrogen-bond donors (Lipinski definition) is 1. The van der Waals surface area contributed by atoms with Gasteiger partial charge in [-0.25, -0.2) is 9.37 Å². The van der Waals surface area contributed by atoms with Crippen LogP contribution < -0.4 is 5.32 Å². The summed E-state index contributed by atoms with van der Waals surface area (Å²) in [6.45, 7) is 1.78.